The molecule has 4 aromatic rings. The molecule has 0 bridgehead atoms. The van der Waals surface area contributed by atoms with Gasteiger partial charge in [-0.25, -0.2) is 15.0 Å². The Hall–Kier alpha value is -4.20. The van der Waals surface area contributed by atoms with E-state index < -0.39 is 0 Å². The van der Waals surface area contributed by atoms with Crippen LogP contribution >= 0.6 is 0 Å². The number of aromatic nitrogens is 4. The maximum atomic E-state index is 12.2. The van der Waals surface area contributed by atoms with Gasteiger partial charge in [0.2, 0.25) is 11.8 Å². The molecule has 1 fully saturated rings. The average Bonchev–Trinajstić information content (AvgIpc) is 3.43. The zero-order valence-electron chi connectivity index (χ0n) is 18.3. The van der Waals surface area contributed by atoms with Crippen molar-refractivity contribution in [1.29, 1.82) is 0 Å². The van der Waals surface area contributed by atoms with Gasteiger partial charge < -0.3 is 19.9 Å². The first-order chi connectivity index (χ1) is 16.1. The van der Waals surface area contributed by atoms with Crippen molar-refractivity contribution in [1.82, 2.24) is 24.4 Å². The van der Waals surface area contributed by atoms with Crippen molar-refractivity contribution >= 4 is 22.8 Å². The molecular weight excluding hydrogens is 416 g/mol. The van der Waals surface area contributed by atoms with Gasteiger partial charge in [0.25, 0.3) is 0 Å². The number of nitrogens with zero attached hydrogens (tertiary/aromatic N) is 5. The first-order valence-corrected chi connectivity index (χ1v) is 10.8. The van der Waals surface area contributed by atoms with E-state index in [2.05, 4.69) is 26.1 Å². The van der Waals surface area contributed by atoms with E-state index in [0.29, 0.717) is 30.5 Å². The smallest absolute Gasteiger partial charge is 0.245 e. The molecular formula is C25H24N6O2. The fourth-order valence-corrected chi connectivity index (χ4v) is 4.59. The molecule has 166 valence electrons. The van der Waals surface area contributed by atoms with E-state index in [1.807, 2.05) is 54.4 Å². The number of likely N-dealkylation sites (tertiary alicyclic amines) is 1. The standard InChI is InChI=1S/C25H24N6O2/c1-3-20(32)31-13-11-17(14-31)23-21(22-24(26)28-15-29-25(22)30(23)2)16-7-9-18(10-8-16)33-19-6-4-5-12-27-19/h3-10,12,15,17H,1,11,13-14H2,2H3,(H2,26,28,29). The highest BCUT2D eigenvalue weighted by Crippen LogP contribution is 2.42. The fraction of sp³-hybridized carbons (Fsp3) is 0.200. The molecule has 2 N–H and O–H groups in total. The van der Waals surface area contributed by atoms with E-state index in [1.54, 1.807) is 6.20 Å². The third-order valence-corrected chi connectivity index (χ3v) is 6.11. The number of benzene rings is 1. The summed E-state index contributed by atoms with van der Waals surface area (Å²) >= 11 is 0. The zero-order valence-corrected chi connectivity index (χ0v) is 18.3. The lowest BCUT2D eigenvalue weighted by atomic mass is 9.94. The van der Waals surface area contributed by atoms with Gasteiger partial charge in [-0.15, -0.1) is 0 Å². The summed E-state index contributed by atoms with van der Waals surface area (Å²) in [4.78, 5) is 27.0. The number of aryl methyl sites for hydroxylation is 1. The second-order valence-electron chi connectivity index (χ2n) is 8.05. The monoisotopic (exact) mass is 440 g/mol. The van der Waals surface area contributed by atoms with Gasteiger partial charge in [-0.3, -0.25) is 4.79 Å². The molecule has 8 heteroatoms. The van der Waals surface area contributed by atoms with Crippen LogP contribution in [0.5, 0.6) is 11.6 Å². The van der Waals surface area contributed by atoms with Crippen LogP contribution in [-0.2, 0) is 11.8 Å². The molecule has 33 heavy (non-hydrogen) atoms. The van der Waals surface area contributed by atoms with Gasteiger partial charge in [0, 0.05) is 49.6 Å². The number of nitrogens with two attached hydrogens (primary N) is 1. The molecule has 3 aromatic heterocycles. The normalized spacial score (nSPS) is 15.7. The predicted octanol–water partition coefficient (Wildman–Crippen LogP) is 3.91. The number of hydrogen-bond donors (Lipinski definition) is 1. The number of ether oxygens (including phenoxy) is 1. The first-order valence-electron chi connectivity index (χ1n) is 10.8. The summed E-state index contributed by atoms with van der Waals surface area (Å²) in [5.74, 6) is 1.75. The molecule has 1 aromatic carbocycles. The van der Waals surface area contributed by atoms with Crippen molar-refractivity contribution in [3.8, 4) is 22.8 Å². The Balaban J connectivity index is 1.58. The van der Waals surface area contributed by atoms with Crippen molar-refractivity contribution in [3.05, 3.63) is 73.3 Å². The summed E-state index contributed by atoms with van der Waals surface area (Å²) in [6.45, 7) is 4.93. The Morgan fingerprint density at radius 1 is 1.18 bits per heavy atom. The van der Waals surface area contributed by atoms with Crippen molar-refractivity contribution < 1.29 is 9.53 Å². The predicted molar refractivity (Wildman–Crippen MR) is 127 cm³/mol. The SMILES string of the molecule is C=CC(=O)N1CCC(c2c(-c3ccc(Oc4ccccn4)cc3)c3c(N)ncnc3n2C)C1. The van der Waals surface area contributed by atoms with Crippen LogP contribution in [0.4, 0.5) is 5.82 Å². The third-order valence-electron chi connectivity index (χ3n) is 6.11. The van der Waals surface area contributed by atoms with Gasteiger partial charge in [0.1, 0.15) is 23.5 Å². The molecule has 1 aliphatic rings. The van der Waals surface area contributed by atoms with Gasteiger partial charge in [-0.2, -0.15) is 0 Å². The fourth-order valence-electron chi connectivity index (χ4n) is 4.59. The van der Waals surface area contributed by atoms with Crippen LogP contribution in [0.25, 0.3) is 22.2 Å². The maximum absolute atomic E-state index is 12.2. The van der Waals surface area contributed by atoms with Gasteiger partial charge in [0.05, 0.1) is 5.39 Å². The lowest BCUT2D eigenvalue weighted by Crippen LogP contribution is -2.26. The highest BCUT2D eigenvalue weighted by molar-refractivity contribution is 6.02. The van der Waals surface area contributed by atoms with E-state index in [4.69, 9.17) is 10.5 Å². The quantitative estimate of drug-likeness (QED) is 0.473. The Labute approximate surface area is 191 Å². The highest BCUT2D eigenvalue weighted by atomic mass is 16.5. The van der Waals surface area contributed by atoms with E-state index in [1.165, 1.54) is 12.4 Å². The number of carbonyl (C=O) groups is 1. The molecule has 1 atom stereocenters. The van der Waals surface area contributed by atoms with Crippen LogP contribution in [0.2, 0.25) is 0 Å². The van der Waals surface area contributed by atoms with Gasteiger partial charge in [0.15, 0.2) is 0 Å². The number of nitrogen functional groups attached to an aromatic ring is 1. The number of amides is 1. The van der Waals surface area contributed by atoms with Gasteiger partial charge >= 0.3 is 0 Å². The van der Waals surface area contributed by atoms with E-state index in [0.717, 1.165) is 34.3 Å². The Morgan fingerprint density at radius 2 is 2.00 bits per heavy atom. The van der Waals surface area contributed by atoms with Gasteiger partial charge in [-0.05, 0) is 36.3 Å². The summed E-state index contributed by atoms with van der Waals surface area (Å²) in [6, 6.07) is 13.4. The summed E-state index contributed by atoms with van der Waals surface area (Å²) in [7, 11) is 1.99. The molecule has 8 nitrogen and oxygen atoms in total. The Kier molecular flexibility index (Phi) is 5.26. The number of anilines is 1. The van der Waals surface area contributed by atoms with Crippen LogP contribution in [0.1, 0.15) is 18.0 Å². The minimum atomic E-state index is -0.0480. The minimum absolute atomic E-state index is 0.0480. The number of pyridine rings is 1. The summed E-state index contributed by atoms with van der Waals surface area (Å²) in [6.07, 6.45) is 5.40. The molecule has 1 amide bonds. The van der Waals surface area contributed by atoms with Crippen LogP contribution in [0.3, 0.4) is 0 Å². The highest BCUT2D eigenvalue weighted by Gasteiger charge is 2.32. The second-order valence-corrected chi connectivity index (χ2v) is 8.05. The number of rotatable bonds is 5. The van der Waals surface area contributed by atoms with Gasteiger partial charge in [-0.1, -0.05) is 24.8 Å². The number of fused-ring (bicyclic) bond motifs is 1. The zero-order chi connectivity index (χ0) is 22.9. The van der Waals surface area contributed by atoms with E-state index in [-0.39, 0.29) is 11.8 Å². The molecule has 0 spiro atoms. The van der Waals surface area contributed by atoms with Crippen molar-refractivity contribution in [2.24, 2.45) is 7.05 Å². The first kappa shape index (κ1) is 20.7. The summed E-state index contributed by atoms with van der Waals surface area (Å²) in [5.41, 5.74) is 10.2. The maximum Gasteiger partial charge on any atom is 0.245 e. The van der Waals surface area contributed by atoms with E-state index >= 15 is 0 Å². The molecule has 1 unspecified atom stereocenters. The van der Waals surface area contributed by atoms with Crippen molar-refractivity contribution in [2.45, 2.75) is 12.3 Å². The van der Waals surface area contributed by atoms with Crippen LogP contribution in [-0.4, -0.2) is 43.4 Å². The molecule has 0 saturated carbocycles. The van der Waals surface area contributed by atoms with Crippen molar-refractivity contribution in [2.75, 3.05) is 18.8 Å². The summed E-state index contributed by atoms with van der Waals surface area (Å²) < 4.78 is 7.93. The lowest BCUT2D eigenvalue weighted by Gasteiger charge is -2.17. The largest absolute Gasteiger partial charge is 0.439 e. The molecule has 1 saturated heterocycles. The van der Waals surface area contributed by atoms with E-state index in [9.17, 15) is 4.79 Å². The third kappa shape index (κ3) is 3.69. The molecule has 0 aliphatic carbocycles. The Bertz CT molecular complexity index is 1330. The van der Waals surface area contributed by atoms with Crippen LogP contribution < -0.4 is 10.5 Å². The summed E-state index contributed by atoms with van der Waals surface area (Å²) in [5, 5.41) is 0.821. The topological polar surface area (TPSA) is 99.2 Å². The van der Waals surface area contributed by atoms with Crippen LogP contribution in [0, 0.1) is 0 Å². The second kappa shape index (κ2) is 8.38. The van der Waals surface area contributed by atoms with Crippen LogP contribution in [0.15, 0.2) is 67.6 Å². The molecule has 1 aliphatic heterocycles. The van der Waals surface area contributed by atoms with Crippen molar-refractivity contribution in [3.63, 3.8) is 0 Å². The molecule has 0 radical (unpaired) electrons. The molecule has 5 rings (SSSR count). The number of carbonyl (C=O) groups excluding carboxylic acids is 1. The minimum Gasteiger partial charge on any atom is -0.439 e. The number of hydrogen-bond acceptors (Lipinski definition) is 6. The average molecular weight is 441 g/mol. The Morgan fingerprint density at radius 3 is 2.73 bits per heavy atom. The lowest BCUT2D eigenvalue weighted by molar-refractivity contribution is -0.125. The molecule has 4 heterocycles.